The van der Waals surface area contributed by atoms with E-state index in [9.17, 15) is 39.6 Å². The van der Waals surface area contributed by atoms with Gasteiger partial charge in [-0.2, -0.15) is 5.26 Å². The number of oxazole rings is 1. The number of aliphatic hydroxyl groups is 4. The van der Waals surface area contributed by atoms with E-state index in [1.54, 1.807) is 38.9 Å². The van der Waals surface area contributed by atoms with Crippen LogP contribution in [0.15, 0.2) is 63.9 Å². The first-order valence-corrected chi connectivity index (χ1v) is 25.7. The van der Waals surface area contributed by atoms with Gasteiger partial charge < -0.3 is 68.5 Å². The zero-order valence-electron chi connectivity index (χ0n) is 44.1. The van der Waals surface area contributed by atoms with E-state index < -0.39 is 91.8 Å². The number of aromatic nitrogens is 1. The molecule has 71 heavy (non-hydrogen) atoms. The predicted octanol–water partition coefficient (Wildman–Crippen LogP) is 5.34. The topological polar surface area (TPSA) is 276 Å². The number of ether oxygens (including phenoxy) is 5. The minimum atomic E-state index is -5.13. The lowest BCUT2D eigenvalue weighted by molar-refractivity contribution is -0.334. The summed E-state index contributed by atoms with van der Waals surface area (Å²) >= 11 is 0. The summed E-state index contributed by atoms with van der Waals surface area (Å²) in [5.74, 6) is -3.23. The lowest BCUT2D eigenvalue weighted by Gasteiger charge is -2.50. The Morgan fingerprint density at radius 2 is 1.75 bits per heavy atom. The van der Waals surface area contributed by atoms with Crippen molar-refractivity contribution in [2.24, 2.45) is 23.2 Å². The van der Waals surface area contributed by atoms with Gasteiger partial charge in [0.1, 0.15) is 30.3 Å². The van der Waals surface area contributed by atoms with E-state index in [-0.39, 0.29) is 50.2 Å². The first kappa shape index (κ1) is 61.9. The molecule has 2 aliphatic rings. The van der Waals surface area contributed by atoms with Gasteiger partial charge in [0.25, 0.3) is 5.91 Å². The van der Waals surface area contributed by atoms with Crippen molar-refractivity contribution in [3.8, 4) is 6.07 Å². The van der Waals surface area contributed by atoms with Gasteiger partial charge in [0, 0.05) is 75.9 Å². The standard InChI is InChI=1S/C51H83N4O15P/c1-30(21-23-52)17-15-18-31(2)33(4)25-34(5)43(57)36(7)41(65-13)26-42(66-14)46-47(70-71(61,62)63)50(8,9)51(69-46)27-39(56)35(6)40(68-51)20-16-19-37-28-67-49(54-37)32(3)22-24-53-48(60)45(59)44(58)38(29-64-12)55(10)11/h15-19,21,25,28,32,34-36,38-47,56-59H,20,22,24,26-27,29H2,1-14H3,(H,53,60)(H2,61,62,63)/b17-15+,19-16+,30-21-,31-18-,33-25+/t32-,34+,35-,36-,38-,39+,40-,41-,42-,43+,44-,45-,46+,47-,51?/m0/s1. The molecule has 0 aromatic carbocycles. The van der Waals surface area contributed by atoms with Gasteiger partial charge >= 0.3 is 7.82 Å². The lowest BCUT2D eigenvalue weighted by atomic mass is 9.72. The molecule has 1 unspecified atom stereocenters. The maximum absolute atomic E-state index is 12.6. The van der Waals surface area contributed by atoms with E-state index in [0.717, 1.165) is 16.7 Å². The summed E-state index contributed by atoms with van der Waals surface area (Å²) < 4.78 is 54.6. The number of amides is 1. The number of nitrogens with one attached hydrogen (secondary N) is 1. The van der Waals surface area contributed by atoms with Crippen LogP contribution in [0.1, 0.15) is 105 Å². The Morgan fingerprint density at radius 1 is 1.07 bits per heavy atom. The van der Waals surface area contributed by atoms with Crippen molar-refractivity contribution < 1.29 is 72.2 Å². The van der Waals surface area contributed by atoms with Crippen LogP contribution in [0.5, 0.6) is 0 Å². The van der Waals surface area contributed by atoms with Crippen molar-refractivity contribution in [1.82, 2.24) is 15.2 Å². The third kappa shape index (κ3) is 16.8. The molecule has 402 valence electrons. The summed E-state index contributed by atoms with van der Waals surface area (Å²) in [5.41, 5.74) is 2.02. The molecule has 2 fully saturated rings. The minimum absolute atomic E-state index is 0.0316. The molecule has 0 radical (unpaired) electrons. The van der Waals surface area contributed by atoms with Gasteiger partial charge in [-0.25, -0.2) is 9.55 Å². The Hall–Kier alpha value is -3.42. The molecule has 0 saturated carbocycles. The number of methoxy groups -OCH3 is 3. The number of nitriles is 1. The number of carbonyl (C=O) groups is 1. The monoisotopic (exact) mass is 1020 g/mol. The van der Waals surface area contributed by atoms with Gasteiger partial charge in [0.2, 0.25) is 0 Å². The Labute approximate surface area is 420 Å². The number of nitrogens with zero attached hydrogens (tertiary/aromatic N) is 3. The number of aliphatic hydroxyl groups excluding tert-OH is 4. The summed E-state index contributed by atoms with van der Waals surface area (Å²) in [5, 5.41) is 55.8. The summed E-state index contributed by atoms with van der Waals surface area (Å²) in [7, 11) is 2.75. The highest BCUT2D eigenvalue weighted by Gasteiger charge is 2.68. The molecular formula is C51H83N4O15P. The number of hydrogen-bond acceptors (Lipinski definition) is 16. The average molecular weight is 1020 g/mol. The SMILES string of the molecule is COC[C@@H]([C@H](O)[C@H](O)C(=O)NCC[C@H](C)c1nc(/C=C/C[C@@H]2OC3(C[C@@H](O)[C@@H]2C)O[C@H]([C@H](C[C@H](OC)[C@H](C)[C@H](O)[C@H](C)/C=C(C)/C(C)=C\C=C\C(C)=C/C#N)OC)[C@H](OP(=O)(O)O)C3(C)C)co1)N(C)C. The number of phosphoric acid groups is 1. The molecule has 1 aromatic rings. The number of likely N-dealkylation sites (N-methyl/N-ethyl adjacent to an activating group) is 1. The molecule has 20 heteroatoms. The van der Waals surface area contributed by atoms with E-state index in [4.69, 9.17) is 37.9 Å². The Morgan fingerprint density at radius 3 is 2.34 bits per heavy atom. The van der Waals surface area contributed by atoms with Crippen molar-refractivity contribution in [2.45, 2.75) is 161 Å². The van der Waals surface area contributed by atoms with Crippen molar-refractivity contribution in [2.75, 3.05) is 48.6 Å². The first-order valence-electron chi connectivity index (χ1n) is 24.2. The fraction of sp³-hybridized carbons (Fsp3) is 0.706. The Balaban J connectivity index is 1.77. The molecule has 3 rings (SSSR count). The van der Waals surface area contributed by atoms with Crippen LogP contribution in [-0.4, -0.2) is 161 Å². The number of phosphoric ester groups is 1. The highest BCUT2D eigenvalue weighted by Crippen LogP contribution is 2.59. The van der Waals surface area contributed by atoms with E-state index in [2.05, 4.69) is 10.3 Å². The summed E-state index contributed by atoms with van der Waals surface area (Å²) in [6, 6.07) is 1.42. The summed E-state index contributed by atoms with van der Waals surface area (Å²) in [6.07, 6.45) is 5.63. The van der Waals surface area contributed by atoms with Crippen LogP contribution >= 0.6 is 7.82 Å². The van der Waals surface area contributed by atoms with Crippen molar-refractivity contribution in [1.29, 1.82) is 5.26 Å². The number of hydrogen-bond donors (Lipinski definition) is 7. The molecule has 15 atom stereocenters. The maximum atomic E-state index is 12.6. The quantitative estimate of drug-likeness (QED) is 0.0333. The molecule has 1 spiro atoms. The second-order valence-corrected chi connectivity index (χ2v) is 21.3. The fourth-order valence-corrected chi connectivity index (χ4v) is 9.94. The minimum Gasteiger partial charge on any atom is -0.448 e. The second kappa shape index (κ2) is 27.8. The highest BCUT2D eigenvalue weighted by molar-refractivity contribution is 7.46. The van der Waals surface area contributed by atoms with E-state index in [0.29, 0.717) is 18.0 Å². The van der Waals surface area contributed by atoms with Crippen LogP contribution in [0.3, 0.4) is 0 Å². The smallest absolute Gasteiger partial charge is 0.448 e. The van der Waals surface area contributed by atoms with E-state index >= 15 is 0 Å². The number of allylic oxidation sites excluding steroid dienone is 7. The van der Waals surface area contributed by atoms with Gasteiger partial charge in [-0.3, -0.25) is 9.32 Å². The number of rotatable bonds is 27. The van der Waals surface area contributed by atoms with Crippen LogP contribution in [0.2, 0.25) is 0 Å². The van der Waals surface area contributed by atoms with Crippen LogP contribution < -0.4 is 5.32 Å². The third-order valence-corrected chi connectivity index (χ3v) is 14.8. The Bertz CT molecular complexity index is 2090. The average Bonchev–Trinajstić information content (AvgIpc) is 3.85. The van der Waals surface area contributed by atoms with E-state index in [1.807, 2.05) is 84.9 Å². The van der Waals surface area contributed by atoms with Gasteiger partial charge in [-0.1, -0.05) is 77.5 Å². The Kier molecular flexibility index (Phi) is 24.2. The highest BCUT2D eigenvalue weighted by atomic mass is 31.2. The summed E-state index contributed by atoms with van der Waals surface area (Å²) in [4.78, 5) is 39.4. The molecule has 7 N–H and O–H groups in total. The largest absolute Gasteiger partial charge is 0.469 e. The summed E-state index contributed by atoms with van der Waals surface area (Å²) in [6.45, 7) is 17.0. The van der Waals surface area contributed by atoms with Crippen molar-refractivity contribution >= 4 is 19.8 Å². The van der Waals surface area contributed by atoms with Crippen LogP contribution in [-0.2, 0) is 37.6 Å². The molecule has 19 nitrogen and oxygen atoms in total. The predicted molar refractivity (Wildman–Crippen MR) is 267 cm³/mol. The molecule has 3 heterocycles. The van der Waals surface area contributed by atoms with Crippen LogP contribution in [0.4, 0.5) is 0 Å². The molecular weight excluding hydrogens is 940 g/mol. The first-order chi connectivity index (χ1) is 33.2. The van der Waals surface area contributed by atoms with Gasteiger partial charge in [0.05, 0.1) is 49.2 Å². The molecule has 1 amide bonds. The van der Waals surface area contributed by atoms with Crippen LogP contribution in [0, 0.1) is 34.5 Å². The third-order valence-electron chi connectivity index (χ3n) is 14.3. The molecule has 0 bridgehead atoms. The maximum Gasteiger partial charge on any atom is 0.469 e. The zero-order valence-corrected chi connectivity index (χ0v) is 45.0. The van der Waals surface area contributed by atoms with Crippen molar-refractivity contribution in [3.05, 3.63) is 71.0 Å². The normalized spacial score (nSPS) is 27.4. The molecule has 2 aliphatic heterocycles. The zero-order chi connectivity index (χ0) is 53.6. The van der Waals surface area contributed by atoms with Crippen LogP contribution in [0.25, 0.3) is 6.08 Å². The van der Waals surface area contributed by atoms with Gasteiger partial charge in [0.15, 0.2) is 17.8 Å². The molecule has 0 aliphatic carbocycles. The van der Waals surface area contributed by atoms with Gasteiger partial charge in [-0.05, 0) is 64.9 Å². The fourth-order valence-electron chi connectivity index (χ4n) is 9.26. The molecule has 1 aromatic heterocycles. The number of carbonyl (C=O) groups excluding carboxylic acids is 1. The van der Waals surface area contributed by atoms with Gasteiger partial charge in [-0.15, -0.1) is 0 Å². The lowest BCUT2D eigenvalue weighted by Crippen LogP contribution is -2.58. The van der Waals surface area contributed by atoms with E-state index in [1.165, 1.54) is 33.7 Å². The van der Waals surface area contributed by atoms with Crippen molar-refractivity contribution in [3.63, 3.8) is 0 Å². The second-order valence-electron chi connectivity index (χ2n) is 20.1. The molecule has 2 saturated heterocycles.